The number of fused-ring (bicyclic) bond motifs is 3. The Morgan fingerprint density at radius 2 is 1.82 bits per heavy atom. The van der Waals surface area contributed by atoms with Crippen molar-refractivity contribution in [2.75, 3.05) is 40.5 Å². The summed E-state index contributed by atoms with van der Waals surface area (Å²) in [6.07, 6.45) is 4.78. The van der Waals surface area contributed by atoms with Crippen LogP contribution in [0.2, 0.25) is 0 Å². The van der Waals surface area contributed by atoms with Gasteiger partial charge in [-0.2, -0.15) is 0 Å². The molecule has 2 aromatic carbocycles. The van der Waals surface area contributed by atoms with Gasteiger partial charge >= 0.3 is 0 Å². The topological polar surface area (TPSA) is 51.2 Å². The number of carbonyl (C=O) groups excluding carboxylic acids is 1. The second-order valence-corrected chi connectivity index (χ2v) is 9.10. The zero-order valence-corrected chi connectivity index (χ0v) is 20.2. The van der Waals surface area contributed by atoms with Gasteiger partial charge in [0.05, 0.1) is 19.3 Å². The minimum absolute atomic E-state index is 0.0252. The number of rotatable bonds is 4. The maximum atomic E-state index is 14.5. The molecule has 2 heterocycles. The summed E-state index contributed by atoms with van der Waals surface area (Å²) < 4.78 is 31.3. The third-order valence-electron chi connectivity index (χ3n) is 6.91. The van der Waals surface area contributed by atoms with E-state index in [0.29, 0.717) is 25.3 Å². The molecule has 0 N–H and O–H groups in total. The van der Waals surface area contributed by atoms with Crippen molar-refractivity contribution < 1.29 is 23.4 Å². The van der Waals surface area contributed by atoms with E-state index >= 15 is 0 Å². The van der Waals surface area contributed by atoms with Gasteiger partial charge in [-0.3, -0.25) is 9.69 Å². The molecule has 7 heteroatoms. The number of nitrogens with zero attached hydrogens (tertiary/aromatic N) is 2. The molecule has 2 aliphatic rings. The molecule has 34 heavy (non-hydrogen) atoms. The standard InChI is InChI=1S/C27H35FN2O4/c1-32-22-11-8-20(9-12-22)19-29-14-4-3-6-24-25(33-2)7-5-15-30(24)27(31)21-10-13-23(28)26(18-21)34-17-16-29/h8-13,18,24-25H,3-7,14-17,19H2,1-2H3/t24-,25-/m1/s1. The van der Waals surface area contributed by atoms with Gasteiger partial charge in [-0.05, 0) is 68.1 Å². The van der Waals surface area contributed by atoms with Crippen LogP contribution in [0.3, 0.4) is 0 Å². The van der Waals surface area contributed by atoms with Crippen molar-refractivity contribution in [3.63, 3.8) is 0 Å². The van der Waals surface area contributed by atoms with Crippen molar-refractivity contribution in [2.45, 2.75) is 50.8 Å². The van der Waals surface area contributed by atoms with Gasteiger partial charge in [0.1, 0.15) is 12.4 Å². The van der Waals surface area contributed by atoms with Gasteiger partial charge in [0.25, 0.3) is 5.91 Å². The first-order valence-corrected chi connectivity index (χ1v) is 12.2. The van der Waals surface area contributed by atoms with Crippen molar-refractivity contribution in [1.29, 1.82) is 0 Å². The first kappa shape index (κ1) is 24.5. The van der Waals surface area contributed by atoms with Crippen LogP contribution in [0.15, 0.2) is 42.5 Å². The molecule has 0 aromatic heterocycles. The lowest BCUT2D eigenvalue weighted by Crippen LogP contribution is -2.51. The number of piperidine rings is 1. The number of ether oxygens (including phenoxy) is 3. The van der Waals surface area contributed by atoms with Gasteiger partial charge in [0, 0.05) is 32.3 Å². The Morgan fingerprint density at radius 3 is 2.59 bits per heavy atom. The van der Waals surface area contributed by atoms with Crippen molar-refractivity contribution in [1.82, 2.24) is 9.80 Å². The monoisotopic (exact) mass is 470 g/mol. The highest BCUT2D eigenvalue weighted by molar-refractivity contribution is 5.95. The fourth-order valence-corrected chi connectivity index (χ4v) is 5.04. The third kappa shape index (κ3) is 5.88. The van der Waals surface area contributed by atoms with Crippen molar-refractivity contribution in [3.05, 3.63) is 59.4 Å². The molecule has 0 unspecified atom stereocenters. The second kappa shape index (κ2) is 11.7. The Labute approximate surface area is 201 Å². The van der Waals surface area contributed by atoms with E-state index in [1.54, 1.807) is 26.4 Å². The highest BCUT2D eigenvalue weighted by Crippen LogP contribution is 2.28. The molecule has 6 nitrogen and oxygen atoms in total. The van der Waals surface area contributed by atoms with E-state index in [4.69, 9.17) is 14.2 Å². The van der Waals surface area contributed by atoms with E-state index in [1.807, 2.05) is 17.0 Å². The fraction of sp³-hybridized carbons (Fsp3) is 0.519. The minimum Gasteiger partial charge on any atom is -0.497 e. The maximum Gasteiger partial charge on any atom is 0.254 e. The molecule has 0 aliphatic carbocycles. The molecule has 1 amide bonds. The molecule has 1 fully saturated rings. The number of methoxy groups -OCH3 is 2. The molecule has 0 spiro atoms. The predicted octanol–water partition coefficient (Wildman–Crippen LogP) is 4.52. The lowest BCUT2D eigenvalue weighted by atomic mass is 9.93. The average molecular weight is 471 g/mol. The minimum atomic E-state index is -0.449. The number of halogens is 1. The molecule has 184 valence electrons. The van der Waals surface area contributed by atoms with Crippen molar-refractivity contribution >= 4 is 5.91 Å². The van der Waals surface area contributed by atoms with Crippen LogP contribution < -0.4 is 9.47 Å². The average Bonchev–Trinajstić information content (AvgIpc) is 2.87. The highest BCUT2D eigenvalue weighted by atomic mass is 19.1. The van der Waals surface area contributed by atoms with Crippen LogP contribution in [-0.2, 0) is 11.3 Å². The molecule has 2 atom stereocenters. The molecule has 2 aliphatic heterocycles. The summed E-state index contributed by atoms with van der Waals surface area (Å²) in [6.45, 7) is 3.39. The SMILES string of the molecule is COc1ccc(CN2CCCC[C@@H]3[C@H](OC)CCCN3C(=O)c3ccc(F)c(c3)OCC2)cc1. The Balaban J connectivity index is 1.54. The quantitative estimate of drug-likeness (QED) is 0.658. The van der Waals surface area contributed by atoms with Gasteiger partial charge < -0.3 is 19.1 Å². The van der Waals surface area contributed by atoms with E-state index in [9.17, 15) is 9.18 Å². The summed E-state index contributed by atoms with van der Waals surface area (Å²) in [5.41, 5.74) is 1.66. The Hall–Kier alpha value is -2.64. The highest BCUT2D eigenvalue weighted by Gasteiger charge is 2.34. The number of amides is 1. The summed E-state index contributed by atoms with van der Waals surface area (Å²) in [7, 11) is 3.39. The first-order valence-electron chi connectivity index (χ1n) is 12.2. The Kier molecular flexibility index (Phi) is 8.40. The predicted molar refractivity (Wildman–Crippen MR) is 129 cm³/mol. The Bertz CT molecular complexity index is 952. The van der Waals surface area contributed by atoms with Gasteiger partial charge in [0.15, 0.2) is 11.6 Å². The normalized spacial score (nSPS) is 22.4. The summed E-state index contributed by atoms with van der Waals surface area (Å²) in [6, 6.07) is 12.5. The largest absolute Gasteiger partial charge is 0.497 e. The molecule has 2 aromatic rings. The molecule has 0 saturated carbocycles. The van der Waals surface area contributed by atoms with Gasteiger partial charge in [-0.15, -0.1) is 0 Å². The third-order valence-corrected chi connectivity index (χ3v) is 6.91. The number of hydrogen-bond acceptors (Lipinski definition) is 5. The first-order chi connectivity index (χ1) is 16.6. The van der Waals surface area contributed by atoms with Crippen LogP contribution in [0.1, 0.15) is 48.0 Å². The lowest BCUT2D eigenvalue weighted by Gasteiger charge is -2.41. The van der Waals surface area contributed by atoms with Gasteiger partial charge in [-0.25, -0.2) is 4.39 Å². The zero-order valence-electron chi connectivity index (χ0n) is 20.2. The van der Waals surface area contributed by atoms with Crippen LogP contribution in [0.4, 0.5) is 4.39 Å². The van der Waals surface area contributed by atoms with E-state index in [2.05, 4.69) is 17.0 Å². The summed E-state index contributed by atoms with van der Waals surface area (Å²) in [5.74, 6) is 0.442. The molecule has 2 bridgehead atoms. The van der Waals surface area contributed by atoms with Crippen molar-refractivity contribution in [2.24, 2.45) is 0 Å². The summed E-state index contributed by atoms with van der Waals surface area (Å²) >= 11 is 0. The van der Waals surface area contributed by atoms with E-state index in [0.717, 1.165) is 50.9 Å². The number of hydrogen-bond donors (Lipinski definition) is 0. The van der Waals surface area contributed by atoms with Crippen LogP contribution >= 0.6 is 0 Å². The van der Waals surface area contributed by atoms with Gasteiger partial charge in [-0.1, -0.05) is 18.6 Å². The fourth-order valence-electron chi connectivity index (χ4n) is 5.04. The van der Waals surface area contributed by atoms with Crippen LogP contribution in [0, 0.1) is 5.82 Å². The molecular weight excluding hydrogens is 435 g/mol. The molecular formula is C27H35FN2O4. The van der Waals surface area contributed by atoms with Crippen LogP contribution in [0.5, 0.6) is 11.5 Å². The Morgan fingerprint density at radius 1 is 1.00 bits per heavy atom. The summed E-state index contributed by atoms with van der Waals surface area (Å²) in [5, 5.41) is 0. The van der Waals surface area contributed by atoms with E-state index < -0.39 is 5.82 Å². The summed E-state index contributed by atoms with van der Waals surface area (Å²) in [4.78, 5) is 17.6. The van der Waals surface area contributed by atoms with Crippen molar-refractivity contribution in [3.8, 4) is 11.5 Å². The molecule has 4 rings (SSSR count). The number of carbonyl (C=O) groups is 1. The maximum absolute atomic E-state index is 14.5. The van der Waals surface area contributed by atoms with Gasteiger partial charge in [0.2, 0.25) is 0 Å². The van der Waals surface area contributed by atoms with Crippen LogP contribution in [0.25, 0.3) is 0 Å². The molecule has 1 saturated heterocycles. The smallest absolute Gasteiger partial charge is 0.254 e. The molecule has 0 radical (unpaired) electrons. The number of benzene rings is 2. The lowest BCUT2D eigenvalue weighted by molar-refractivity contribution is -0.0156. The van der Waals surface area contributed by atoms with Crippen LogP contribution in [-0.4, -0.2) is 68.3 Å². The second-order valence-electron chi connectivity index (χ2n) is 9.10. The van der Waals surface area contributed by atoms with E-state index in [1.165, 1.54) is 11.6 Å². The zero-order chi connectivity index (χ0) is 23.9. The van der Waals surface area contributed by atoms with E-state index in [-0.39, 0.29) is 23.8 Å².